The molecule has 3 aliphatic heterocycles. The van der Waals surface area contributed by atoms with Gasteiger partial charge in [-0.15, -0.1) is 0 Å². The lowest BCUT2D eigenvalue weighted by Gasteiger charge is -2.48. The number of ether oxygens (including phenoxy) is 6. The first-order valence-electron chi connectivity index (χ1n) is 34.2. The highest BCUT2D eigenvalue weighted by Gasteiger charge is 2.53. The topological polar surface area (TPSA) is 307 Å². The maximum absolute atomic E-state index is 13.3. The Morgan fingerprint density at radius 2 is 0.753 bits per heavy atom. The largest absolute Gasteiger partial charge is 0.394 e. The Kier molecular flexibility index (Phi) is 47.6. The summed E-state index contributed by atoms with van der Waals surface area (Å²) >= 11 is 0. The van der Waals surface area contributed by atoms with Crippen LogP contribution in [0.3, 0.4) is 0 Å². The molecule has 19 heteroatoms. The van der Waals surface area contributed by atoms with Crippen LogP contribution in [0.4, 0.5) is 0 Å². The van der Waals surface area contributed by atoms with Gasteiger partial charge in [-0.25, -0.2) is 0 Å². The van der Waals surface area contributed by atoms with Crippen molar-refractivity contribution < 1.29 is 89.4 Å². The van der Waals surface area contributed by atoms with E-state index in [1.165, 1.54) is 6.42 Å². The van der Waals surface area contributed by atoms with Gasteiger partial charge in [-0.05, 0) is 116 Å². The zero-order valence-corrected chi connectivity index (χ0v) is 55.4. The van der Waals surface area contributed by atoms with E-state index in [4.69, 9.17) is 28.4 Å². The van der Waals surface area contributed by atoms with E-state index < -0.39 is 124 Å². The summed E-state index contributed by atoms with van der Waals surface area (Å²) in [4.78, 5) is 13.3. The molecule has 0 saturated carbocycles. The summed E-state index contributed by atoms with van der Waals surface area (Å²) in [7, 11) is 0. The summed E-state index contributed by atoms with van der Waals surface area (Å²) < 4.78 is 34.2. The number of aliphatic hydroxyl groups excluding tert-OH is 11. The third-order valence-electron chi connectivity index (χ3n) is 15.8. The van der Waals surface area contributed by atoms with Gasteiger partial charge in [0.1, 0.15) is 73.2 Å². The summed E-state index contributed by atoms with van der Waals surface area (Å²) in [5.41, 5.74) is 0. The fourth-order valence-corrected chi connectivity index (χ4v) is 10.3. The number of carbonyl (C=O) groups excluding carboxylic acids is 1. The minimum Gasteiger partial charge on any atom is -0.394 e. The molecule has 0 radical (unpaired) electrons. The highest BCUT2D eigenvalue weighted by molar-refractivity contribution is 5.76. The van der Waals surface area contributed by atoms with Gasteiger partial charge in [-0.3, -0.25) is 4.79 Å². The molecule has 17 unspecified atom stereocenters. The molecule has 526 valence electrons. The molecule has 1 amide bonds. The number of hydrogen-bond donors (Lipinski definition) is 12. The molecule has 0 bridgehead atoms. The number of unbranched alkanes of at least 4 members (excludes halogenated alkanes) is 9. The molecule has 3 heterocycles. The number of aliphatic hydroxyl groups is 11. The Hall–Kier alpha value is -4.59. The molecule has 19 nitrogen and oxygen atoms in total. The maximum Gasteiger partial charge on any atom is 0.220 e. The zero-order valence-electron chi connectivity index (χ0n) is 55.4. The normalized spacial score (nSPS) is 28.5. The van der Waals surface area contributed by atoms with E-state index in [0.717, 1.165) is 128 Å². The molecule has 0 aromatic rings. The molecule has 93 heavy (non-hydrogen) atoms. The van der Waals surface area contributed by atoms with Gasteiger partial charge in [0.05, 0.1) is 38.6 Å². The maximum atomic E-state index is 13.3. The predicted octanol–water partition coefficient (Wildman–Crippen LogP) is 8.93. The van der Waals surface area contributed by atoms with Crippen LogP contribution in [0.15, 0.2) is 158 Å². The van der Waals surface area contributed by atoms with E-state index in [-0.39, 0.29) is 18.9 Å². The standard InChI is InChI=1S/C74H117NO18/c1-3-5-7-9-11-13-14-15-16-17-18-19-20-21-22-23-24-25-26-27-28-29-30-31-32-33-34-35-36-37-38-39-40-41-42-44-46-48-50-52-62(80)75-57(58(79)51-49-47-45-43-12-10-8-6-4-2)56-88-72-68(86)65(83)70(60(54-77)90-72)93-74-69(87)66(84)71(61(55-78)91-74)92-73-67(85)64(82)63(81)59(53-76)89-73/h5,7,11-13,15-16,18-19,21-22,24-25,27-28,30-31,33-34,36-37,39-40,43,49,51,57-61,63-74,76-79,81-87H,3-4,6,8-10,14,17,20,23,26,29,32,35,38,41-42,44-48,50,52-56H2,1-2H3,(H,75,80)/b7-5-,13-11-,16-15-,19-18-,22-21-,25-24-,28-27-,31-30-,34-33-,37-36-,40-39-,43-12+,51-49+. The van der Waals surface area contributed by atoms with Gasteiger partial charge in [0, 0.05) is 6.42 Å². The highest BCUT2D eigenvalue weighted by Crippen LogP contribution is 2.33. The van der Waals surface area contributed by atoms with E-state index in [2.05, 4.69) is 165 Å². The van der Waals surface area contributed by atoms with Gasteiger partial charge in [0.15, 0.2) is 18.9 Å². The fraction of sp³-hybridized carbons (Fsp3) is 0.635. The summed E-state index contributed by atoms with van der Waals surface area (Å²) in [6.07, 6.45) is 51.2. The monoisotopic (exact) mass is 1310 g/mol. The van der Waals surface area contributed by atoms with Crippen LogP contribution in [0.1, 0.15) is 168 Å². The van der Waals surface area contributed by atoms with Crippen LogP contribution in [-0.4, -0.2) is 193 Å². The molecule has 3 rings (SSSR count). The predicted molar refractivity (Wildman–Crippen MR) is 364 cm³/mol. The Morgan fingerprint density at radius 1 is 0.398 bits per heavy atom. The molecule has 3 saturated heterocycles. The molecule has 0 spiro atoms. The Bertz CT molecular complexity index is 2300. The van der Waals surface area contributed by atoms with Crippen LogP contribution in [0.5, 0.6) is 0 Å². The Labute approximate surface area is 555 Å². The quantitative estimate of drug-likeness (QED) is 0.0200. The van der Waals surface area contributed by atoms with Crippen molar-refractivity contribution in [2.45, 2.75) is 272 Å². The van der Waals surface area contributed by atoms with E-state index in [1.807, 2.05) is 6.08 Å². The molecule has 0 aliphatic carbocycles. The molecule has 17 atom stereocenters. The van der Waals surface area contributed by atoms with Crippen LogP contribution < -0.4 is 5.32 Å². The highest BCUT2D eigenvalue weighted by atomic mass is 16.8. The van der Waals surface area contributed by atoms with Gasteiger partial charge in [0.25, 0.3) is 0 Å². The first kappa shape index (κ1) is 82.6. The van der Waals surface area contributed by atoms with Crippen molar-refractivity contribution in [1.29, 1.82) is 0 Å². The Morgan fingerprint density at radius 3 is 1.20 bits per heavy atom. The summed E-state index contributed by atoms with van der Waals surface area (Å²) in [6.45, 7) is 1.47. The van der Waals surface area contributed by atoms with E-state index in [1.54, 1.807) is 6.08 Å². The number of allylic oxidation sites excluding steroid dienone is 25. The fourth-order valence-electron chi connectivity index (χ4n) is 10.3. The molecule has 3 aliphatic rings. The van der Waals surface area contributed by atoms with E-state index >= 15 is 0 Å². The molecule has 12 N–H and O–H groups in total. The zero-order chi connectivity index (χ0) is 67.5. The molecular weight excluding hydrogens is 1190 g/mol. The minimum absolute atomic E-state index is 0.201. The van der Waals surface area contributed by atoms with E-state index in [0.29, 0.717) is 12.8 Å². The third kappa shape index (κ3) is 35.3. The molecule has 0 aromatic heterocycles. The van der Waals surface area contributed by atoms with Crippen molar-refractivity contribution in [1.82, 2.24) is 5.32 Å². The lowest BCUT2D eigenvalue weighted by atomic mass is 9.96. The molecular formula is C74H117NO18. The van der Waals surface area contributed by atoms with Gasteiger partial charge in [0.2, 0.25) is 5.91 Å². The summed E-state index contributed by atoms with van der Waals surface area (Å²) in [6, 6.07) is -1.01. The van der Waals surface area contributed by atoms with Crippen molar-refractivity contribution >= 4 is 5.91 Å². The first-order chi connectivity index (χ1) is 45.3. The second-order valence-electron chi connectivity index (χ2n) is 23.5. The first-order valence-corrected chi connectivity index (χ1v) is 34.2. The second-order valence-corrected chi connectivity index (χ2v) is 23.5. The van der Waals surface area contributed by atoms with Gasteiger partial charge >= 0.3 is 0 Å². The van der Waals surface area contributed by atoms with Crippen LogP contribution in [0.25, 0.3) is 0 Å². The van der Waals surface area contributed by atoms with Gasteiger partial charge in [-0.2, -0.15) is 0 Å². The van der Waals surface area contributed by atoms with Crippen molar-refractivity contribution in [2.75, 3.05) is 26.4 Å². The minimum atomic E-state index is -1.99. The third-order valence-corrected chi connectivity index (χ3v) is 15.8. The average molecular weight is 1310 g/mol. The van der Waals surface area contributed by atoms with Crippen LogP contribution in [0, 0.1) is 0 Å². The number of hydrogen-bond acceptors (Lipinski definition) is 18. The number of rotatable bonds is 49. The van der Waals surface area contributed by atoms with Gasteiger partial charge < -0.3 is 89.9 Å². The smallest absolute Gasteiger partial charge is 0.220 e. The number of amides is 1. The second kappa shape index (κ2) is 53.5. The van der Waals surface area contributed by atoms with Crippen LogP contribution in [0.2, 0.25) is 0 Å². The van der Waals surface area contributed by atoms with Gasteiger partial charge in [-0.1, -0.05) is 204 Å². The summed E-state index contributed by atoms with van der Waals surface area (Å²) in [5.74, 6) is -0.316. The number of nitrogens with one attached hydrogen (secondary N) is 1. The van der Waals surface area contributed by atoms with Crippen molar-refractivity contribution in [3.63, 3.8) is 0 Å². The number of carbonyl (C=O) groups is 1. The average Bonchev–Trinajstić information content (AvgIpc) is 0.828. The lowest BCUT2D eigenvalue weighted by molar-refractivity contribution is -0.379. The summed E-state index contributed by atoms with van der Waals surface area (Å²) in [5, 5.41) is 120. The van der Waals surface area contributed by atoms with Crippen molar-refractivity contribution in [2.24, 2.45) is 0 Å². The SMILES string of the molecule is CC/C=C\C/C=C\C/C=C\C/C=C\C/C=C\C/C=C\C/C=C\C/C=C\C/C=C\C/C=C\C/C=C\CCCCCCCC(=O)NC(COC1OC(CO)C(OC2OC(CO)C(OC3OC(CO)C(O)C(O)C3O)C(O)C2O)C(O)C1O)C(O)/C=C/CC/C=C/CCCCC. The molecule has 3 fully saturated rings. The lowest BCUT2D eigenvalue weighted by Crippen LogP contribution is -2.66. The Balaban J connectivity index is 1.34. The molecule has 0 aromatic carbocycles. The van der Waals surface area contributed by atoms with Crippen LogP contribution >= 0.6 is 0 Å². The van der Waals surface area contributed by atoms with Crippen molar-refractivity contribution in [3.05, 3.63) is 158 Å². The van der Waals surface area contributed by atoms with E-state index in [9.17, 15) is 61.0 Å². The van der Waals surface area contributed by atoms with Crippen molar-refractivity contribution in [3.8, 4) is 0 Å². The van der Waals surface area contributed by atoms with Crippen LogP contribution in [-0.2, 0) is 33.2 Å².